The van der Waals surface area contributed by atoms with Crippen LogP contribution in [0.3, 0.4) is 0 Å². The van der Waals surface area contributed by atoms with Crippen LogP contribution >= 0.6 is 0 Å². The monoisotopic (exact) mass is 380 g/mol. The Morgan fingerprint density at radius 1 is 1.19 bits per heavy atom. The number of amides is 1. The van der Waals surface area contributed by atoms with Gasteiger partial charge in [0.1, 0.15) is 11.9 Å². The Hall–Kier alpha value is -2.16. The Kier molecular flexibility index (Phi) is 6.96. The van der Waals surface area contributed by atoms with Gasteiger partial charge in [0.25, 0.3) is 5.91 Å². The van der Waals surface area contributed by atoms with Crippen LogP contribution in [-0.4, -0.2) is 45.4 Å². The largest absolute Gasteiger partial charge is 0.467 e. The predicted octanol–water partition coefficient (Wildman–Crippen LogP) is 2.43. The van der Waals surface area contributed by atoms with Gasteiger partial charge in [0.2, 0.25) is 10.0 Å². The molecule has 1 atom stereocenters. The first-order valence-electron chi connectivity index (χ1n) is 8.38. The summed E-state index contributed by atoms with van der Waals surface area (Å²) in [4.78, 5) is 12.5. The highest BCUT2D eigenvalue weighted by molar-refractivity contribution is 7.89. The second-order valence-corrected chi connectivity index (χ2v) is 7.50. The van der Waals surface area contributed by atoms with Crippen LogP contribution in [0.5, 0.6) is 0 Å². The van der Waals surface area contributed by atoms with E-state index in [4.69, 9.17) is 9.15 Å². The van der Waals surface area contributed by atoms with Gasteiger partial charge in [-0.3, -0.25) is 4.79 Å². The van der Waals surface area contributed by atoms with Crippen LogP contribution in [0, 0.1) is 0 Å². The van der Waals surface area contributed by atoms with E-state index in [0.29, 0.717) is 24.4 Å². The summed E-state index contributed by atoms with van der Waals surface area (Å²) in [6.45, 7) is 4.60. The van der Waals surface area contributed by atoms with E-state index in [0.717, 1.165) is 0 Å². The normalized spacial score (nSPS) is 12.9. The van der Waals surface area contributed by atoms with E-state index in [2.05, 4.69) is 5.32 Å². The van der Waals surface area contributed by atoms with Gasteiger partial charge in [-0.2, -0.15) is 4.31 Å². The van der Waals surface area contributed by atoms with Crippen LogP contribution in [0.2, 0.25) is 0 Å². The third-order valence-corrected chi connectivity index (χ3v) is 6.12. The van der Waals surface area contributed by atoms with Gasteiger partial charge in [-0.05, 0) is 36.4 Å². The summed E-state index contributed by atoms with van der Waals surface area (Å²) in [5, 5.41) is 2.76. The Balaban J connectivity index is 2.04. The zero-order valence-corrected chi connectivity index (χ0v) is 16.0. The predicted molar refractivity (Wildman–Crippen MR) is 97.3 cm³/mol. The summed E-state index contributed by atoms with van der Waals surface area (Å²) in [6, 6.07) is 9.41. The number of benzene rings is 1. The summed E-state index contributed by atoms with van der Waals surface area (Å²) in [6.07, 6.45) is 1.15. The fourth-order valence-corrected chi connectivity index (χ4v) is 4.01. The number of hydrogen-bond donors (Lipinski definition) is 1. The number of carbonyl (C=O) groups excluding carboxylic acids is 1. The van der Waals surface area contributed by atoms with Crippen LogP contribution < -0.4 is 5.32 Å². The van der Waals surface area contributed by atoms with Crippen molar-refractivity contribution in [3.05, 3.63) is 54.0 Å². The van der Waals surface area contributed by atoms with Crippen LogP contribution in [0.15, 0.2) is 52.0 Å². The number of furan rings is 1. The van der Waals surface area contributed by atoms with Crippen molar-refractivity contribution in [3.63, 3.8) is 0 Å². The van der Waals surface area contributed by atoms with Gasteiger partial charge in [0.05, 0.1) is 17.7 Å². The van der Waals surface area contributed by atoms with E-state index >= 15 is 0 Å². The molecule has 0 spiro atoms. The molecular weight excluding hydrogens is 356 g/mol. The molecule has 0 aliphatic carbocycles. The lowest BCUT2D eigenvalue weighted by molar-refractivity contribution is 0.0738. The van der Waals surface area contributed by atoms with E-state index in [1.807, 2.05) is 0 Å². The molecule has 1 amide bonds. The van der Waals surface area contributed by atoms with Crippen molar-refractivity contribution in [2.45, 2.75) is 24.8 Å². The first-order chi connectivity index (χ1) is 12.4. The SMILES string of the molecule is CCN(CC)S(=O)(=O)c1ccc(C(=O)NCC(OC)c2ccco2)cc1. The Bertz CT molecular complexity index is 797. The molecule has 1 N–H and O–H groups in total. The van der Waals surface area contributed by atoms with Crippen LogP contribution in [0.4, 0.5) is 0 Å². The number of sulfonamides is 1. The molecule has 1 aromatic heterocycles. The minimum absolute atomic E-state index is 0.170. The second kappa shape index (κ2) is 8.98. The van der Waals surface area contributed by atoms with Gasteiger partial charge in [-0.25, -0.2) is 8.42 Å². The number of nitrogens with one attached hydrogen (secondary N) is 1. The van der Waals surface area contributed by atoms with Gasteiger partial charge in [0.15, 0.2) is 0 Å². The molecule has 142 valence electrons. The molecule has 1 unspecified atom stereocenters. The van der Waals surface area contributed by atoms with Gasteiger partial charge < -0.3 is 14.5 Å². The van der Waals surface area contributed by atoms with Crippen LogP contribution in [0.25, 0.3) is 0 Å². The average Bonchev–Trinajstić information content (AvgIpc) is 3.17. The van der Waals surface area contributed by atoms with Crippen molar-refractivity contribution in [3.8, 4) is 0 Å². The number of ether oxygens (including phenoxy) is 1. The smallest absolute Gasteiger partial charge is 0.251 e. The maximum Gasteiger partial charge on any atom is 0.251 e. The molecule has 0 aliphatic rings. The van der Waals surface area contributed by atoms with E-state index in [9.17, 15) is 13.2 Å². The van der Waals surface area contributed by atoms with Crippen molar-refractivity contribution in [2.24, 2.45) is 0 Å². The lowest BCUT2D eigenvalue weighted by atomic mass is 10.2. The van der Waals surface area contributed by atoms with Crippen molar-refractivity contribution in [2.75, 3.05) is 26.7 Å². The third kappa shape index (κ3) is 4.51. The van der Waals surface area contributed by atoms with Crippen molar-refractivity contribution in [1.82, 2.24) is 9.62 Å². The molecular formula is C18H24N2O5S. The Morgan fingerprint density at radius 3 is 2.35 bits per heavy atom. The molecule has 0 aliphatic heterocycles. The van der Waals surface area contributed by atoms with E-state index in [1.165, 1.54) is 41.9 Å². The van der Waals surface area contributed by atoms with Gasteiger partial charge >= 0.3 is 0 Å². The molecule has 0 radical (unpaired) electrons. The molecule has 0 fully saturated rings. The highest BCUT2D eigenvalue weighted by Gasteiger charge is 2.22. The molecule has 1 aromatic carbocycles. The zero-order chi connectivity index (χ0) is 19.2. The summed E-state index contributed by atoms with van der Waals surface area (Å²) in [5.41, 5.74) is 0.373. The van der Waals surface area contributed by atoms with E-state index in [-0.39, 0.29) is 17.3 Å². The maximum atomic E-state index is 12.5. The standard InChI is InChI=1S/C18H24N2O5S/c1-4-20(5-2)26(22,23)15-10-8-14(9-11-15)18(21)19-13-17(24-3)16-7-6-12-25-16/h6-12,17H,4-5,13H2,1-3H3,(H,19,21). The molecule has 0 saturated heterocycles. The summed E-state index contributed by atoms with van der Waals surface area (Å²) in [7, 11) is -2.00. The fourth-order valence-electron chi connectivity index (χ4n) is 2.55. The molecule has 0 saturated carbocycles. The Labute approximate surface area is 154 Å². The number of methoxy groups -OCH3 is 1. The first kappa shape index (κ1) is 20.2. The molecule has 1 heterocycles. The molecule has 2 aromatic rings. The maximum absolute atomic E-state index is 12.5. The van der Waals surface area contributed by atoms with Crippen molar-refractivity contribution in [1.29, 1.82) is 0 Å². The average molecular weight is 380 g/mol. The van der Waals surface area contributed by atoms with Crippen LogP contribution in [0.1, 0.15) is 36.1 Å². The number of rotatable bonds is 9. The molecule has 2 rings (SSSR count). The summed E-state index contributed by atoms with van der Waals surface area (Å²) in [5.74, 6) is 0.304. The highest BCUT2D eigenvalue weighted by atomic mass is 32.2. The molecule has 0 bridgehead atoms. The number of nitrogens with zero attached hydrogens (tertiary/aromatic N) is 1. The van der Waals surface area contributed by atoms with Gasteiger partial charge in [-0.15, -0.1) is 0 Å². The van der Waals surface area contributed by atoms with Crippen molar-refractivity contribution < 1.29 is 22.4 Å². The van der Waals surface area contributed by atoms with Gasteiger partial charge in [-0.1, -0.05) is 13.8 Å². The molecule has 7 nitrogen and oxygen atoms in total. The van der Waals surface area contributed by atoms with E-state index in [1.54, 1.807) is 26.0 Å². The zero-order valence-electron chi connectivity index (χ0n) is 15.1. The lowest BCUT2D eigenvalue weighted by Gasteiger charge is -2.18. The summed E-state index contributed by atoms with van der Waals surface area (Å²) >= 11 is 0. The minimum Gasteiger partial charge on any atom is -0.467 e. The first-order valence-corrected chi connectivity index (χ1v) is 9.82. The second-order valence-electron chi connectivity index (χ2n) is 5.56. The Morgan fingerprint density at radius 2 is 1.85 bits per heavy atom. The topological polar surface area (TPSA) is 88.9 Å². The number of carbonyl (C=O) groups is 1. The van der Waals surface area contributed by atoms with Crippen molar-refractivity contribution >= 4 is 15.9 Å². The highest BCUT2D eigenvalue weighted by Crippen LogP contribution is 2.18. The number of hydrogen-bond acceptors (Lipinski definition) is 5. The summed E-state index contributed by atoms with van der Waals surface area (Å²) < 4.78 is 36.9. The third-order valence-electron chi connectivity index (χ3n) is 4.05. The fraction of sp³-hybridized carbons (Fsp3) is 0.389. The quantitative estimate of drug-likeness (QED) is 0.722. The lowest BCUT2D eigenvalue weighted by Crippen LogP contribution is -2.31. The van der Waals surface area contributed by atoms with E-state index < -0.39 is 16.1 Å². The van der Waals surface area contributed by atoms with Gasteiger partial charge in [0, 0.05) is 25.8 Å². The molecule has 8 heteroatoms. The minimum atomic E-state index is -3.53. The molecule has 26 heavy (non-hydrogen) atoms. The van der Waals surface area contributed by atoms with Crippen LogP contribution in [-0.2, 0) is 14.8 Å².